The van der Waals surface area contributed by atoms with Crippen LogP contribution in [0.2, 0.25) is 0 Å². The smallest absolute Gasteiger partial charge is 0.248 e. The van der Waals surface area contributed by atoms with Crippen LogP contribution in [0.25, 0.3) is 0 Å². The minimum Gasteiger partial charge on any atom is -0.322 e. The predicted molar refractivity (Wildman–Crippen MR) is 94.4 cm³/mol. The minimum absolute atomic E-state index is 0.0266. The summed E-state index contributed by atoms with van der Waals surface area (Å²) in [5.41, 5.74) is 3.35. The molecule has 23 heavy (non-hydrogen) atoms. The van der Waals surface area contributed by atoms with Crippen LogP contribution in [-0.2, 0) is 4.79 Å². The van der Waals surface area contributed by atoms with E-state index in [2.05, 4.69) is 24.1 Å². The Morgan fingerprint density at radius 2 is 1.65 bits per heavy atom. The SMILES string of the molecule is CCN(CC)[C@@H]1C(=O)Nc2ccccc2N=C1c1ccccc1. The van der Waals surface area contributed by atoms with Gasteiger partial charge in [0.1, 0.15) is 6.04 Å². The second kappa shape index (κ2) is 6.75. The molecule has 0 saturated carbocycles. The zero-order valence-electron chi connectivity index (χ0n) is 13.5. The first kappa shape index (κ1) is 15.4. The maximum absolute atomic E-state index is 12.9. The number of benzene rings is 2. The van der Waals surface area contributed by atoms with Gasteiger partial charge in [0, 0.05) is 0 Å². The zero-order chi connectivity index (χ0) is 16.2. The first-order valence-corrected chi connectivity index (χ1v) is 8.02. The molecule has 118 valence electrons. The van der Waals surface area contributed by atoms with Crippen LogP contribution in [-0.4, -0.2) is 35.7 Å². The predicted octanol–water partition coefficient (Wildman–Crippen LogP) is 3.47. The van der Waals surface area contributed by atoms with Gasteiger partial charge in [-0.15, -0.1) is 0 Å². The minimum atomic E-state index is -0.389. The summed E-state index contributed by atoms with van der Waals surface area (Å²) in [5.74, 6) is -0.0266. The van der Waals surface area contributed by atoms with Crippen molar-refractivity contribution >= 4 is 23.0 Å². The highest BCUT2D eigenvalue weighted by Crippen LogP contribution is 2.29. The second-order valence-corrected chi connectivity index (χ2v) is 5.49. The van der Waals surface area contributed by atoms with Crippen molar-refractivity contribution in [2.45, 2.75) is 19.9 Å². The number of carbonyl (C=O) groups is 1. The van der Waals surface area contributed by atoms with Crippen LogP contribution < -0.4 is 5.32 Å². The number of nitrogens with zero attached hydrogens (tertiary/aromatic N) is 2. The molecule has 0 spiro atoms. The molecule has 4 nitrogen and oxygen atoms in total. The van der Waals surface area contributed by atoms with Crippen molar-refractivity contribution in [2.24, 2.45) is 4.99 Å². The van der Waals surface area contributed by atoms with Gasteiger partial charge in [-0.2, -0.15) is 0 Å². The van der Waals surface area contributed by atoms with Gasteiger partial charge in [-0.05, 0) is 30.8 Å². The third-order valence-corrected chi connectivity index (χ3v) is 4.16. The van der Waals surface area contributed by atoms with Gasteiger partial charge in [0.15, 0.2) is 0 Å². The van der Waals surface area contributed by atoms with E-state index in [1.807, 2.05) is 54.6 Å². The number of nitrogens with one attached hydrogen (secondary N) is 1. The fourth-order valence-electron chi connectivity index (χ4n) is 2.95. The van der Waals surface area contributed by atoms with E-state index in [-0.39, 0.29) is 11.9 Å². The van der Waals surface area contributed by atoms with Gasteiger partial charge in [0.25, 0.3) is 0 Å². The summed E-state index contributed by atoms with van der Waals surface area (Å²) in [6.45, 7) is 5.71. The van der Waals surface area contributed by atoms with Crippen LogP contribution in [0.3, 0.4) is 0 Å². The molecule has 4 heteroatoms. The van der Waals surface area contributed by atoms with Crippen molar-refractivity contribution in [1.82, 2.24) is 4.90 Å². The molecule has 2 aromatic rings. The number of fused-ring (bicyclic) bond motifs is 1. The number of likely N-dealkylation sites (N-methyl/N-ethyl adjacent to an activating group) is 1. The summed E-state index contributed by atoms with van der Waals surface area (Å²) < 4.78 is 0. The zero-order valence-corrected chi connectivity index (χ0v) is 13.5. The Morgan fingerprint density at radius 1 is 1.00 bits per heavy atom. The Hall–Kier alpha value is -2.46. The summed E-state index contributed by atoms with van der Waals surface area (Å²) >= 11 is 0. The molecule has 1 aliphatic heterocycles. The third-order valence-electron chi connectivity index (χ3n) is 4.16. The molecular weight excluding hydrogens is 286 g/mol. The number of para-hydroxylation sites is 2. The van der Waals surface area contributed by atoms with Gasteiger partial charge < -0.3 is 5.32 Å². The number of carbonyl (C=O) groups excluding carboxylic acids is 1. The number of aliphatic imine (C=N–C) groups is 1. The molecule has 1 N–H and O–H groups in total. The largest absolute Gasteiger partial charge is 0.322 e. The Morgan fingerprint density at radius 3 is 2.35 bits per heavy atom. The second-order valence-electron chi connectivity index (χ2n) is 5.49. The lowest BCUT2D eigenvalue weighted by molar-refractivity contribution is -0.119. The lowest BCUT2D eigenvalue weighted by Crippen LogP contribution is -2.48. The molecule has 0 saturated heterocycles. The van der Waals surface area contributed by atoms with Gasteiger partial charge in [-0.25, -0.2) is 4.99 Å². The van der Waals surface area contributed by atoms with Crippen molar-refractivity contribution in [1.29, 1.82) is 0 Å². The molecule has 0 unspecified atom stereocenters. The molecule has 1 atom stereocenters. The fourth-order valence-corrected chi connectivity index (χ4v) is 2.95. The van der Waals surface area contributed by atoms with Crippen LogP contribution in [0.4, 0.5) is 11.4 Å². The highest BCUT2D eigenvalue weighted by atomic mass is 16.2. The highest BCUT2D eigenvalue weighted by Gasteiger charge is 2.32. The van der Waals surface area contributed by atoms with E-state index in [4.69, 9.17) is 4.99 Å². The van der Waals surface area contributed by atoms with E-state index in [1.165, 1.54) is 0 Å². The van der Waals surface area contributed by atoms with Crippen molar-refractivity contribution < 1.29 is 4.79 Å². The normalized spacial score (nSPS) is 17.3. The molecule has 0 aromatic heterocycles. The van der Waals surface area contributed by atoms with Gasteiger partial charge in [-0.1, -0.05) is 56.3 Å². The van der Waals surface area contributed by atoms with Gasteiger partial charge >= 0.3 is 0 Å². The number of anilines is 1. The molecule has 2 aromatic carbocycles. The average Bonchev–Trinajstić information content (AvgIpc) is 2.74. The Labute approximate surface area is 136 Å². The van der Waals surface area contributed by atoms with Crippen molar-refractivity contribution in [3.63, 3.8) is 0 Å². The maximum Gasteiger partial charge on any atom is 0.248 e. The summed E-state index contributed by atoms with van der Waals surface area (Å²) in [4.78, 5) is 19.9. The Bertz CT molecular complexity index is 720. The van der Waals surface area contributed by atoms with Gasteiger partial charge in [0.05, 0.1) is 17.1 Å². The number of rotatable bonds is 4. The Balaban J connectivity index is 2.17. The molecule has 1 amide bonds. The molecule has 0 aliphatic carbocycles. The van der Waals surface area contributed by atoms with E-state index in [9.17, 15) is 4.79 Å². The molecule has 3 rings (SSSR count). The van der Waals surface area contributed by atoms with Crippen molar-refractivity contribution in [3.8, 4) is 0 Å². The quantitative estimate of drug-likeness (QED) is 0.940. The van der Waals surface area contributed by atoms with Crippen molar-refractivity contribution in [3.05, 3.63) is 60.2 Å². The van der Waals surface area contributed by atoms with Crippen LogP contribution in [0.1, 0.15) is 19.4 Å². The van der Waals surface area contributed by atoms with E-state index in [1.54, 1.807) is 0 Å². The Kier molecular flexibility index (Phi) is 4.53. The lowest BCUT2D eigenvalue weighted by atomic mass is 10.0. The molecule has 0 bridgehead atoms. The highest BCUT2D eigenvalue weighted by molar-refractivity contribution is 6.22. The summed E-state index contributed by atoms with van der Waals surface area (Å²) in [6.07, 6.45) is 0. The monoisotopic (exact) mass is 307 g/mol. The van der Waals surface area contributed by atoms with Crippen LogP contribution >= 0.6 is 0 Å². The van der Waals surface area contributed by atoms with E-state index in [0.29, 0.717) is 0 Å². The lowest BCUT2D eigenvalue weighted by Gasteiger charge is -2.28. The van der Waals surface area contributed by atoms with Gasteiger partial charge in [0.2, 0.25) is 5.91 Å². The topological polar surface area (TPSA) is 44.7 Å². The number of hydrogen-bond acceptors (Lipinski definition) is 3. The molecule has 0 fully saturated rings. The standard InChI is InChI=1S/C19H21N3O/c1-3-22(4-2)18-17(14-10-6-5-7-11-14)20-15-12-8-9-13-16(15)21-19(18)23/h5-13,18H,3-4H2,1-2H3,(H,21,23)/t18-/m0/s1. The molecule has 1 heterocycles. The fraction of sp³-hybridized carbons (Fsp3) is 0.263. The summed E-state index contributed by atoms with van der Waals surface area (Å²) in [5, 5.41) is 3.03. The summed E-state index contributed by atoms with van der Waals surface area (Å²) in [7, 11) is 0. The maximum atomic E-state index is 12.9. The van der Waals surface area contributed by atoms with E-state index in [0.717, 1.165) is 35.7 Å². The van der Waals surface area contributed by atoms with Crippen molar-refractivity contribution in [2.75, 3.05) is 18.4 Å². The summed E-state index contributed by atoms with van der Waals surface area (Å²) in [6, 6.07) is 17.2. The van der Waals surface area contributed by atoms with Crippen LogP contribution in [0.15, 0.2) is 59.6 Å². The number of amides is 1. The third kappa shape index (κ3) is 3.03. The van der Waals surface area contributed by atoms with E-state index < -0.39 is 0 Å². The van der Waals surface area contributed by atoms with E-state index >= 15 is 0 Å². The first-order valence-electron chi connectivity index (χ1n) is 8.02. The average molecular weight is 307 g/mol. The number of hydrogen-bond donors (Lipinski definition) is 1. The molecular formula is C19H21N3O. The van der Waals surface area contributed by atoms with Crippen LogP contribution in [0.5, 0.6) is 0 Å². The molecule has 0 radical (unpaired) electrons. The molecule has 1 aliphatic rings. The van der Waals surface area contributed by atoms with Crippen LogP contribution in [0, 0.1) is 0 Å². The first-order chi connectivity index (χ1) is 11.2. The van der Waals surface area contributed by atoms with Gasteiger partial charge in [-0.3, -0.25) is 9.69 Å².